The lowest BCUT2D eigenvalue weighted by atomic mass is 10.1. The van der Waals surface area contributed by atoms with Crippen molar-refractivity contribution in [2.75, 3.05) is 20.2 Å². The first-order valence-corrected chi connectivity index (χ1v) is 9.39. The molecule has 27 heavy (non-hydrogen) atoms. The second kappa shape index (κ2) is 8.71. The molecule has 0 spiro atoms. The van der Waals surface area contributed by atoms with Gasteiger partial charge in [-0.05, 0) is 24.1 Å². The molecule has 0 aromatic heterocycles. The first-order chi connectivity index (χ1) is 13.1. The van der Waals surface area contributed by atoms with Crippen LogP contribution < -0.4 is 4.74 Å². The summed E-state index contributed by atoms with van der Waals surface area (Å²) in [7, 11) is 1.56. The van der Waals surface area contributed by atoms with Gasteiger partial charge < -0.3 is 14.5 Å². The number of benzene rings is 2. The van der Waals surface area contributed by atoms with E-state index < -0.39 is 0 Å². The molecule has 2 aromatic rings. The first kappa shape index (κ1) is 19.0. The van der Waals surface area contributed by atoms with Crippen molar-refractivity contribution in [3.05, 3.63) is 65.7 Å². The maximum absolute atomic E-state index is 13.1. The molecule has 1 aliphatic heterocycles. The Bertz CT molecular complexity index is 791. The molecule has 5 nitrogen and oxygen atoms in total. The average Bonchev–Trinajstić information content (AvgIpc) is 2.87. The highest BCUT2D eigenvalue weighted by atomic mass is 16.5. The summed E-state index contributed by atoms with van der Waals surface area (Å²) >= 11 is 0. The topological polar surface area (TPSA) is 49.9 Å². The van der Waals surface area contributed by atoms with Crippen LogP contribution in [0, 0.1) is 0 Å². The number of ether oxygens (including phenoxy) is 1. The van der Waals surface area contributed by atoms with Crippen molar-refractivity contribution in [2.45, 2.75) is 32.4 Å². The Morgan fingerprint density at radius 2 is 1.81 bits per heavy atom. The van der Waals surface area contributed by atoms with E-state index in [1.165, 1.54) is 0 Å². The summed E-state index contributed by atoms with van der Waals surface area (Å²) in [5, 5.41) is 0. The summed E-state index contributed by atoms with van der Waals surface area (Å²) in [6.07, 6.45) is 1.14. The lowest BCUT2D eigenvalue weighted by molar-refractivity contribution is -0.133. The minimum absolute atomic E-state index is 0.00105. The van der Waals surface area contributed by atoms with Gasteiger partial charge >= 0.3 is 0 Å². The van der Waals surface area contributed by atoms with Gasteiger partial charge in [-0.1, -0.05) is 49.4 Å². The van der Waals surface area contributed by atoms with E-state index in [4.69, 9.17) is 4.74 Å². The van der Waals surface area contributed by atoms with E-state index >= 15 is 0 Å². The molecule has 142 valence electrons. The third-order valence-electron chi connectivity index (χ3n) is 5.08. The van der Waals surface area contributed by atoms with Crippen molar-refractivity contribution >= 4 is 11.8 Å². The van der Waals surface area contributed by atoms with Gasteiger partial charge in [0.2, 0.25) is 5.91 Å². The molecule has 0 aliphatic carbocycles. The number of hydrogen-bond donors (Lipinski definition) is 0. The molecular weight excluding hydrogens is 340 g/mol. The van der Waals surface area contributed by atoms with Crippen molar-refractivity contribution in [1.82, 2.24) is 9.80 Å². The number of amides is 2. The summed E-state index contributed by atoms with van der Waals surface area (Å²) in [6, 6.07) is 17.2. The molecule has 2 amide bonds. The van der Waals surface area contributed by atoms with Crippen molar-refractivity contribution in [2.24, 2.45) is 0 Å². The Kier molecular flexibility index (Phi) is 6.12. The Hall–Kier alpha value is -2.82. The van der Waals surface area contributed by atoms with Crippen LogP contribution in [0.1, 0.15) is 35.7 Å². The maximum Gasteiger partial charge on any atom is 0.257 e. The molecule has 0 radical (unpaired) electrons. The molecule has 1 atom stereocenters. The van der Waals surface area contributed by atoms with Crippen LogP contribution in [0.5, 0.6) is 5.75 Å². The van der Waals surface area contributed by atoms with Crippen LogP contribution in [0.15, 0.2) is 54.6 Å². The predicted molar refractivity (Wildman–Crippen MR) is 105 cm³/mol. The van der Waals surface area contributed by atoms with Gasteiger partial charge in [0.05, 0.1) is 12.7 Å². The molecule has 1 heterocycles. The quantitative estimate of drug-likeness (QED) is 0.815. The van der Waals surface area contributed by atoms with E-state index in [-0.39, 0.29) is 17.9 Å². The Morgan fingerprint density at radius 1 is 1.11 bits per heavy atom. The van der Waals surface area contributed by atoms with Crippen molar-refractivity contribution in [3.63, 3.8) is 0 Å². The van der Waals surface area contributed by atoms with Crippen LogP contribution in [0.4, 0.5) is 0 Å². The van der Waals surface area contributed by atoms with Crippen molar-refractivity contribution < 1.29 is 14.3 Å². The Morgan fingerprint density at radius 3 is 2.52 bits per heavy atom. The molecule has 0 bridgehead atoms. The normalized spacial score (nSPS) is 17.6. The SMILES string of the molecule is CCC1CN(C(=O)c2ccccc2OC)CCC(=O)N1Cc1ccccc1. The number of carbonyl (C=O) groups excluding carboxylic acids is 2. The molecule has 0 saturated carbocycles. The van der Waals surface area contributed by atoms with Crippen LogP contribution in [-0.2, 0) is 11.3 Å². The highest BCUT2D eigenvalue weighted by Gasteiger charge is 2.31. The molecule has 5 heteroatoms. The zero-order valence-electron chi connectivity index (χ0n) is 15.9. The van der Waals surface area contributed by atoms with Crippen LogP contribution >= 0.6 is 0 Å². The van der Waals surface area contributed by atoms with Gasteiger partial charge in [-0.2, -0.15) is 0 Å². The van der Waals surface area contributed by atoms with Gasteiger partial charge in [-0.15, -0.1) is 0 Å². The molecule has 3 rings (SSSR count). The smallest absolute Gasteiger partial charge is 0.257 e. The molecular formula is C22H26N2O3. The van der Waals surface area contributed by atoms with E-state index in [9.17, 15) is 9.59 Å². The largest absolute Gasteiger partial charge is 0.496 e. The van der Waals surface area contributed by atoms with E-state index in [1.807, 2.05) is 47.4 Å². The number of methoxy groups -OCH3 is 1. The van der Waals surface area contributed by atoms with Crippen molar-refractivity contribution in [1.29, 1.82) is 0 Å². The standard InChI is InChI=1S/C22H26N2O3/c1-3-18-16-23(22(26)19-11-7-8-12-20(19)27-2)14-13-21(25)24(18)15-17-9-5-4-6-10-17/h4-12,18H,3,13-16H2,1-2H3. The highest BCUT2D eigenvalue weighted by Crippen LogP contribution is 2.23. The maximum atomic E-state index is 13.1. The summed E-state index contributed by atoms with van der Waals surface area (Å²) in [4.78, 5) is 29.6. The third-order valence-corrected chi connectivity index (χ3v) is 5.08. The number of carbonyl (C=O) groups is 2. The van der Waals surface area contributed by atoms with Gasteiger partial charge in [0.25, 0.3) is 5.91 Å². The predicted octanol–water partition coefficient (Wildman–Crippen LogP) is 3.35. The fraction of sp³-hybridized carbons (Fsp3) is 0.364. The Labute approximate surface area is 160 Å². The number of nitrogens with zero attached hydrogens (tertiary/aromatic N) is 2. The highest BCUT2D eigenvalue weighted by molar-refractivity contribution is 5.97. The average molecular weight is 366 g/mol. The minimum Gasteiger partial charge on any atom is -0.496 e. The van der Waals surface area contributed by atoms with Gasteiger partial charge in [0.1, 0.15) is 5.75 Å². The molecule has 2 aromatic carbocycles. The molecule has 0 N–H and O–H groups in total. The van der Waals surface area contributed by atoms with Gasteiger partial charge in [-0.3, -0.25) is 9.59 Å². The second-order valence-electron chi connectivity index (χ2n) is 6.77. The fourth-order valence-electron chi connectivity index (χ4n) is 3.55. The zero-order chi connectivity index (χ0) is 19.2. The van der Waals surface area contributed by atoms with E-state index in [0.717, 1.165) is 12.0 Å². The van der Waals surface area contributed by atoms with Crippen LogP contribution in [0.2, 0.25) is 0 Å². The van der Waals surface area contributed by atoms with E-state index in [0.29, 0.717) is 37.4 Å². The monoisotopic (exact) mass is 366 g/mol. The van der Waals surface area contributed by atoms with Crippen LogP contribution in [0.25, 0.3) is 0 Å². The third kappa shape index (κ3) is 4.30. The van der Waals surface area contributed by atoms with Crippen molar-refractivity contribution in [3.8, 4) is 5.75 Å². The number of hydrogen-bond acceptors (Lipinski definition) is 3. The zero-order valence-corrected chi connectivity index (χ0v) is 15.9. The molecule has 1 saturated heterocycles. The lowest BCUT2D eigenvalue weighted by Crippen LogP contribution is -2.43. The second-order valence-corrected chi connectivity index (χ2v) is 6.77. The van der Waals surface area contributed by atoms with Gasteiger partial charge in [-0.25, -0.2) is 0 Å². The van der Waals surface area contributed by atoms with Gasteiger partial charge in [0.15, 0.2) is 0 Å². The molecule has 1 fully saturated rings. The summed E-state index contributed by atoms with van der Waals surface area (Å²) < 4.78 is 5.34. The summed E-state index contributed by atoms with van der Waals surface area (Å²) in [5.74, 6) is 0.577. The molecule has 1 unspecified atom stereocenters. The number of para-hydroxylation sites is 1. The van der Waals surface area contributed by atoms with Crippen LogP contribution in [-0.4, -0.2) is 47.9 Å². The lowest BCUT2D eigenvalue weighted by Gasteiger charge is -2.31. The van der Waals surface area contributed by atoms with E-state index in [1.54, 1.807) is 24.1 Å². The Balaban J connectivity index is 1.81. The minimum atomic E-state index is -0.0831. The van der Waals surface area contributed by atoms with Gasteiger partial charge in [0, 0.05) is 32.1 Å². The van der Waals surface area contributed by atoms with Crippen LogP contribution in [0.3, 0.4) is 0 Å². The fourth-order valence-corrected chi connectivity index (χ4v) is 3.55. The summed E-state index contributed by atoms with van der Waals surface area (Å²) in [6.45, 7) is 3.60. The van der Waals surface area contributed by atoms with E-state index in [2.05, 4.69) is 6.92 Å². The number of rotatable bonds is 5. The first-order valence-electron chi connectivity index (χ1n) is 9.39. The molecule has 1 aliphatic rings. The summed E-state index contributed by atoms with van der Waals surface area (Å²) in [5.41, 5.74) is 1.65.